The molecule has 2 heterocycles. The van der Waals surface area contributed by atoms with E-state index in [2.05, 4.69) is 48.7 Å². The van der Waals surface area contributed by atoms with Crippen LogP contribution in [0.1, 0.15) is 38.2 Å². The maximum Gasteiger partial charge on any atom is 0.231 e. The Balaban J connectivity index is 1.37. The second-order valence-corrected chi connectivity index (χ2v) is 9.90. The van der Waals surface area contributed by atoms with Gasteiger partial charge in [-0.2, -0.15) is 0 Å². The molecule has 7 nitrogen and oxygen atoms in total. The monoisotopic (exact) mass is 503 g/mol. The molecule has 1 aliphatic heterocycles. The third kappa shape index (κ3) is 3.43. The van der Waals surface area contributed by atoms with Gasteiger partial charge in [-0.05, 0) is 55.7 Å². The number of nitrogens with one attached hydrogen (secondary N) is 2. The molecule has 1 aromatic heterocycles. The van der Waals surface area contributed by atoms with Gasteiger partial charge in [0.05, 0.1) is 22.3 Å². The minimum Gasteiger partial charge on any atom is -0.454 e. The van der Waals surface area contributed by atoms with Crippen LogP contribution in [0.25, 0.3) is 22.2 Å². The number of benzene rings is 4. The lowest BCUT2D eigenvalue weighted by Crippen LogP contribution is -2.13. The van der Waals surface area contributed by atoms with E-state index in [0.717, 1.165) is 45.1 Å². The number of aryl methyl sites for hydroxylation is 3. The Labute approximate surface area is 219 Å². The zero-order valence-electron chi connectivity index (χ0n) is 21.3. The molecule has 7 heteroatoms. The molecule has 5 aromatic rings. The Morgan fingerprint density at radius 2 is 1.63 bits per heavy atom. The first-order valence-corrected chi connectivity index (χ1v) is 12.6. The summed E-state index contributed by atoms with van der Waals surface area (Å²) in [6.07, 6.45) is 0. The molecule has 4 aromatic carbocycles. The Bertz CT molecular complexity index is 1760. The zero-order chi connectivity index (χ0) is 26.0. The molecule has 0 saturated carbocycles. The number of rotatable bonds is 5. The van der Waals surface area contributed by atoms with Crippen molar-refractivity contribution in [2.45, 2.75) is 27.3 Å². The number of ketones is 1. The van der Waals surface area contributed by atoms with Crippen molar-refractivity contribution in [3.05, 3.63) is 94.0 Å². The predicted molar refractivity (Wildman–Crippen MR) is 147 cm³/mol. The molecule has 0 bridgehead atoms. The topological polar surface area (TPSA) is 85.6 Å². The summed E-state index contributed by atoms with van der Waals surface area (Å²) in [4.78, 5) is 13.9. The van der Waals surface area contributed by atoms with Crippen molar-refractivity contribution in [2.24, 2.45) is 0 Å². The fourth-order valence-corrected chi connectivity index (χ4v) is 5.55. The van der Waals surface area contributed by atoms with E-state index >= 15 is 0 Å². The Morgan fingerprint density at radius 3 is 2.45 bits per heavy atom. The summed E-state index contributed by atoms with van der Waals surface area (Å²) in [6, 6.07) is 19.6. The highest BCUT2D eigenvalue weighted by Crippen LogP contribution is 2.46. The molecule has 188 valence electrons. The van der Waals surface area contributed by atoms with Crippen LogP contribution in [-0.2, 0) is 6.54 Å². The van der Waals surface area contributed by atoms with Crippen LogP contribution in [0.5, 0.6) is 11.5 Å². The number of nitrogens with zero attached hydrogens (tertiary/aromatic N) is 1. The normalized spacial score (nSPS) is 13.1. The number of aromatic nitrogens is 1. The highest BCUT2D eigenvalue weighted by molar-refractivity contribution is 6.28. The van der Waals surface area contributed by atoms with Gasteiger partial charge in [0, 0.05) is 23.4 Å². The number of hydrogen-bond donors (Lipinski definition) is 2. The van der Waals surface area contributed by atoms with Crippen molar-refractivity contribution in [3.8, 4) is 22.8 Å². The molecular weight excluding hydrogens is 478 g/mol. The van der Waals surface area contributed by atoms with Crippen LogP contribution >= 0.6 is 0 Å². The quantitative estimate of drug-likeness (QED) is 0.261. The maximum absolute atomic E-state index is 13.9. The first-order valence-electron chi connectivity index (χ1n) is 12.6. The first kappa shape index (κ1) is 22.4. The Hall–Kier alpha value is -4.78. The smallest absolute Gasteiger partial charge is 0.231 e. The zero-order valence-corrected chi connectivity index (χ0v) is 21.3. The number of anilines is 3. The fourth-order valence-electron chi connectivity index (χ4n) is 5.55. The van der Waals surface area contributed by atoms with E-state index in [-0.39, 0.29) is 12.6 Å². The molecule has 0 saturated heterocycles. The predicted octanol–water partition coefficient (Wildman–Crippen LogP) is 7.05. The molecule has 7 rings (SSSR count). The van der Waals surface area contributed by atoms with E-state index in [1.54, 1.807) is 0 Å². The SMILES string of the molecule is Cc1cc(C)c(Nc2cc(NCc3ccc4c(c3)OCO4)c3noc4c3c2C(=O)c2ccccc2-4)c(C)c1. The summed E-state index contributed by atoms with van der Waals surface area (Å²) in [7, 11) is 0. The second kappa shape index (κ2) is 8.38. The number of ether oxygens (including phenoxy) is 2. The fraction of sp³-hybridized carbons (Fsp3) is 0.161. The molecule has 0 amide bonds. The molecule has 38 heavy (non-hydrogen) atoms. The summed E-state index contributed by atoms with van der Waals surface area (Å²) in [5.74, 6) is 2.04. The Kier molecular flexibility index (Phi) is 4.94. The third-order valence-electron chi connectivity index (χ3n) is 7.26. The van der Waals surface area contributed by atoms with Gasteiger partial charge in [-0.25, -0.2) is 0 Å². The molecule has 2 aliphatic rings. The average molecular weight is 504 g/mol. The maximum atomic E-state index is 13.9. The van der Waals surface area contributed by atoms with Gasteiger partial charge in [-0.15, -0.1) is 0 Å². The summed E-state index contributed by atoms with van der Waals surface area (Å²) < 4.78 is 16.9. The van der Waals surface area contributed by atoms with Gasteiger partial charge in [-0.3, -0.25) is 4.79 Å². The number of hydrogen-bond acceptors (Lipinski definition) is 7. The van der Waals surface area contributed by atoms with E-state index in [1.807, 2.05) is 48.5 Å². The van der Waals surface area contributed by atoms with Crippen molar-refractivity contribution in [2.75, 3.05) is 17.4 Å². The Morgan fingerprint density at radius 1 is 0.868 bits per heavy atom. The largest absolute Gasteiger partial charge is 0.454 e. The van der Waals surface area contributed by atoms with Gasteiger partial charge in [0.15, 0.2) is 23.0 Å². The molecule has 0 radical (unpaired) electrons. The van der Waals surface area contributed by atoms with E-state index in [4.69, 9.17) is 14.0 Å². The van der Waals surface area contributed by atoms with E-state index in [1.165, 1.54) is 5.56 Å². The number of fused-ring (bicyclic) bond motifs is 3. The van der Waals surface area contributed by atoms with E-state index < -0.39 is 0 Å². The lowest BCUT2D eigenvalue weighted by Gasteiger charge is -2.21. The molecule has 2 N–H and O–H groups in total. The van der Waals surface area contributed by atoms with E-state index in [9.17, 15) is 4.79 Å². The number of carbonyl (C=O) groups excluding carboxylic acids is 1. The highest BCUT2D eigenvalue weighted by atomic mass is 16.7. The highest BCUT2D eigenvalue weighted by Gasteiger charge is 2.33. The summed E-state index contributed by atoms with van der Waals surface area (Å²) in [6.45, 7) is 7.00. The van der Waals surface area contributed by atoms with Crippen LogP contribution in [0.3, 0.4) is 0 Å². The van der Waals surface area contributed by atoms with Crippen LogP contribution in [0.2, 0.25) is 0 Å². The molecule has 0 spiro atoms. The number of carbonyl (C=O) groups is 1. The summed E-state index contributed by atoms with van der Waals surface area (Å²) in [5, 5.41) is 12.3. The van der Waals surface area contributed by atoms with Crippen molar-refractivity contribution >= 4 is 33.7 Å². The van der Waals surface area contributed by atoms with Crippen molar-refractivity contribution in [1.29, 1.82) is 0 Å². The van der Waals surface area contributed by atoms with Gasteiger partial charge < -0.3 is 24.6 Å². The lowest BCUT2D eigenvalue weighted by molar-refractivity contribution is 0.104. The summed E-state index contributed by atoms with van der Waals surface area (Å²) >= 11 is 0. The van der Waals surface area contributed by atoms with Crippen LogP contribution in [0.4, 0.5) is 17.1 Å². The standard InChI is InChI=1S/C31H25N3O4/c1-16-10-17(2)28(18(3)11-16)33-22-13-23(32-14-19-8-9-24-25(12-19)37-15-36-24)29-27-26(22)30(35)20-6-4-5-7-21(20)31(27)38-34-29/h4-13,32-33H,14-15H2,1-3H3. The minimum absolute atomic E-state index is 0.0476. The molecule has 0 unspecified atom stereocenters. The van der Waals surface area contributed by atoms with Crippen LogP contribution < -0.4 is 20.1 Å². The van der Waals surface area contributed by atoms with Gasteiger partial charge in [-0.1, -0.05) is 53.2 Å². The molecule has 0 fully saturated rings. The van der Waals surface area contributed by atoms with Gasteiger partial charge in [0.2, 0.25) is 6.79 Å². The van der Waals surface area contributed by atoms with Crippen molar-refractivity contribution in [3.63, 3.8) is 0 Å². The third-order valence-corrected chi connectivity index (χ3v) is 7.26. The van der Waals surface area contributed by atoms with Gasteiger partial charge in [0.1, 0.15) is 5.52 Å². The molecule has 0 atom stereocenters. The minimum atomic E-state index is -0.0476. The molecular formula is C31H25N3O4. The van der Waals surface area contributed by atoms with Crippen molar-refractivity contribution < 1.29 is 18.8 Å². The van der Waals surface area contributed by atoms with Crippen molar-refractivity contribution in [1.82, 2.24) is 5.16 Å². The first-order chi connectivity index (χ1) is 18.5. The van der Waals surface area contributed by atoms with Gasteiger partial charge >= 0.3 is 0 Å². The van der Waals surface area contributed by atoms with E-state index in [0.29, 0.717) is 40.0 Å². The van der Waals surface area contributed by atoms with Crippen LogP contribution in [0, 0.1) is 20.8 Å². The lowest BCUT2D eigenvalue weighted by atomic mass is 9.86. The summed E-state index contributed by atoms with van der Waals surface area (Å²) in [5.41, 5.74) is 9.48. The van der Waals surface area contributed by atoms with Crippen LogP contribution in [0.15, 0.2) is 65.2 Å². The van der Waals surface area contributed by atoms with Crippen LogP contribution in [-0.4, -0.2) is 17.7 Å². The molecule has 1 aliphatic carbocycles. The van der Waals surface area contributed by atoms with Gasteiger partial charge in [0.25, 0.3) is 0 Å². The average Bonchev–Trinajstić information content (AvgIpc) is 3.56. The second-order valence-electron chi connectivity index (χ2n) is 9.90.